The summed E-state index contributed by atoms with van der Waals surface area (Å²) in [6.07, 6.45) is 2.11. The second-order valence-electron chi connectivity index (χ2n) is 4.22. The molecule has 0 aromatic heterocycles. The van der Waals surface area contributed by atoms with Crippen LogP contribution in [0.2, 0.25) is 0 Å². The van der Waals surface area contributed by atoms with Gasteiger partial charge in [-0.05, 0) is 19.8 Å². The predicted molar refractivity (Wildman–Crippen MR) is 59.7 cm³/mol. The summed E-state index contributed by atoms with van der Waals surface area (Å²) in [5.41, 5.74) is 0. The Labute approximate surface area is 91.8 Å². The Morgan fingerprint density at radius 2 is 2.40 bits per heavy atom. The highest BCUT2D eigenvalue weighted by atomic mass is 16.5. The first-order chi connectivity index (χ1) is 7.22. The lowest BCUT2D eigenvalue weighted by atomic mass is 10.1. The molecule has 0 spiro atoms. The van der Waals surface area contributed by atoms with Crippen molar-refractivity contribution in [3.8, 4) is 0 Å². The number of amides is 1. The SMILES string of the molecule is CCC(C)NCC(=O)NCC1CCOC1. The quantitative estimate of drug-likeness (QED) is 0.678. The van der Waals surface area contributed by atoms with Crippen LogP contribution >= 0.6 is 0 Å². The topological polar surface area (TPSA) is 50.4 Å². The maximum atomic E-state index is 11.4. The van der Waals surface area contributed by atoms with E-state index in [0.29, 0.717) is 18.5 Å². The van der Waals surface area contributed by atoms with Gasteiger partial charge < -0.3 is 15.4 Å². The first-order valence-electron chi connectivity index (χ1n) is 5.80. The molecule has 15 heavy (non-hydrogen) atoms. The Hall–Kier alpha value is -0.610. The molecule has 0 aromatic rings. The molecule has 4 nitrogen and oxygen atoms in total. The zero-order valence-corrected chi connectivity index (χ0v) is 9.71. The van der Waals surface area contributed by atoms with E-state index in [9.17, 15) is 4.79 Å². The summed E-state index contributed by atoms with van der Waals surface area (Å²) in [6.45, 7) is 6.98. The number of carbonyl (C=O) groups is 1. The third kappa shape index (κ3) is 5.14. The number of carbonyl (C=O) groups excluding carboxylic acids is 1. The summed E-state index contributed by atoms with van der Waals surface area (Å²) in [5.74, 6) is 0.597. The predicted octanol–water partition coefficient (Wildman–Crippen LogP) is 0.527. The molecular formula is C11H22N2O2. The molecule has 0 radical (unpaired) electrons. The van der Waals surface area contributed by atoms with Crippen molar-refractivity contribution >= 4 is 5.91 Å². The van der Waals surface area contributed by atoms with Gasteiger partial charge in [0, 0.05) is 25.1 Å². The molecule has 4 heteroatoms. The van der Waals surface area contributed by atoms with Crippen LogP contribution in [-0.4, -0.2) is 38.3 Å². The fourth-order valence-electron chi connectivity index (χ4n) is 1.48. The van der Waals surface area contributed by atoms with Crippen LogP contribution in [0.5, 0.6) is 0 Å². The third-order valence-electron chi connectivity index (χ3n) is 2.84. The molecule has 0 saturated carbocycles. The summed E-state index contributed by atoms with van der Waals surface area (Å²) in [5, 5.41) is 6.09. The van der Waals surface area contributed by atoms with Gasteiger partial charge in [-0.1, -0.05) is 6.92 Å². The molecule has 0 bridgehead atoms. The maximum Gasteiger partial charge on any atom is 0.233 e. The highest BCUT2D eigenvalue weighted by molar-refractivity contribution is 5.77. The summed E-state index contributed by atoms with van der Waals surface area (Å²) in [6, 6.07) is 0.408. The zero-order valence-electron chi connectivity index (χ0n) is 9.71. The fraction of sp³-hybridized carbons (Fsp3) is 0.909. The van der Waals surface area contributed by atoms with Crippen molar-refractivity contribution in [2.75, 3.05) is 26.3 Å². The molecule has 2 atom stereocenters. The maximum absolute atomic E-state index is 11.4. The van der Waals surface area contributed by atoms with Crippen LogP contribution in [0.3, 0.4) is 0 Å². The molecule has 1 amide bonds. The Balaban J connectivity index is 2.02. The molecule has 0 aromatic carbocycles. The van der Waals surface area contributed by atoms with E-state index in [-0.39, 0.29) is 5.91 Å². The number of ether oxygens (including phenoxy) is 1. The van der Waals surface area contributed by atoms with Gasteiger partial charge in [-0.3, -0.25) is 4.79 Å². The summed E-state index contributed by atoms with van der Waals surface area (Å²) < 4.78 is 5.24. The average molecular weight is 214 g/mol. The van der Waals surface area contributed by atoms with Gasteiger partial charge in [0.1, 0.15) is 0 Å². The highest BCUT2D eigenvalue weighted by Crippen LogP contribution is 2.10. The van der Waals surface area contributed by atoms with E-state index in [1.807, 2.05) is 0 Å². The molecular weight excluding hydrogens is 192 g/mol. The van der Waals surface area contributed by atoms with Gasteiger partial charge in [0.15, 0.2) is 0 Å². The fourth-order valence-corrected chi connectivity index (χ4v) is 1.48. The van der Waals surface area contributed by atoms with Crippen molar-refractivity contribution in [1.29, 1.82) is 0 Å². The molecule has 88 valence electrons. The average Bonchev–Trinajstić information content (AvgIpc) is 2.75. The second kappa shape index (κ2) is 6.80. The van der Waals surface area contributed by atoms with Gasteiger partial charge in [0.2, 0.25) is 5.91 Å². The van der Waals surface area contributed by atoms with Crippen molar-refractivity contribution in [1.82, 2.24) is 10.6 Å². The lowest BCUT2D eigenvalue weighted by Crippen LogP contribution is -2.39. The molecule has 1 fully saturated rings. The molecule has 1 heterocycles. The number of hydrogen-bond donors (Lipinski definition) is 2. The minimum absolute atomic E-state index is 0.0854. The Morgan fingerprint density at radius 1 is 1.60 bits per heavy atom. The highest BCUT2D eigenvalue weighted by Gasteiger charge is 2.16. The van der Waals surface area contributed by atoms with E-state index in [2.05, 4.69) is 24.5 Å². The van der Waals surface area contributed by atoms with Crippen LogP contribution in [0, 0.1) is 5.92 Å². The van der Waals surface area contributed by atoms with Crippen molar-refractivity contribution in [3.05, 3.63) is 0 Å². The largest absolute Gasteiger partial charge is 0.381 e. The molecule has 0 aliphatic carbocycles. The van der Waals surface area contributed by atoms with Gasteiger partial charge in [-0.2, -0.15) is 0 Å². The molecule has 1 aliphatic heterocycles. The summed E-state index contributed by atoms with van der Waals surface area (Å²) in [4.78, 5) is 11.4. The minimum Gasteiger partial charge on any atom is -0.381 e. The van der Waals surface area contributed by atoms with Gasteiger partial charge in [0.25, 0.3) is 0 Å². The monoisotopic (exact) mass is 214 g/mol. The van der Waals surface area contributed by atoms with E-state index >= 15 is 0 Å². The minimum atomic E-state index is 0.0854. The Bertz CT molecular complexity index is 191. The zero-order chi connectivity index (χ0) is 11.1. The normalized spacial score (nSPS) is 22.7. The molecule has 1 rings (SSSR count). The van der Waals surface area contributed by atoms with Crippen LogP contribution in [-0.2, 0) is 9.53 Å². The molecule has 2 unspecified atom stereocenters. The molecule has 1 saturated heterocycles. The lowest BCUT2D eigenvalue weighted by molar-refractivity contribution is -0.120. The molecule has 1 aliphatic rings. The van der Waals surface area contributed by atoms with Crippen LogP contribution < -0.4 is 10.6 Å². The van der Waals surface area contributed by atoms with Crippen LogP contribution in [0.4, 0.5) is 0 Å². The second-order valence-corrected chi connectivity index (χ2v) is 4.22. The van der Waals surface area contributed by atoms with Gasteiger partial charge in [-0.25, -0.2) is 0 Å². The van der Waals surface area contributed by atoms with Gasteiger partial charge >= 0.3 is 0 Å². The third-order valence-corrected chi connectivity index (χ3v) is 2.84. The van der Waals surface area contributed by atoms with E-state index < -0.39 is 0 Å². The van der Waals surface area contributed by atoms with E-state index in [4.69, 9.17) is 4.74 Å². The van der Waals surface area contributed by atoms with Gasteiger partial charge in [0.05, 0.1) is 13.2 Å². The van der Waals surface area contributed by atoms with Gasteiger partial charge in [-0.15, -0.1) is 0 Å². The number of rotatable bonds is 6. The first kappa shape index (κ1) is 12.5. The van der Waals surface area contributed by atoms with Crippen LogP contribution in [0.1, 0.15) is 26.7 Å². The van der Waals surface area contributed by atoms with E-state index in [0.717, 1.165) is 32.6 Å². The van der Waals surface area contributed by atoms with Crippen LogP contribution in [0.15, 0.2) is 0 Å². The van der Waals surface area contributed by atoms with Crippen LogP contribution in [0.25, 0.3) is 0 Å². The Morgan fingerprint density at radius 3 is 3.00 bits per heavy atom. The van der Waals surface area contributed by atoms with Crippen molar-refractivity contribution in [3.63, 3.8) is 0 Å². The number of nitrogens with one attached hydrogen (secondary N) is 2. The first-order valence-corrected chi connectivity index (χ1v) is 5.80. The van der Waals surface area contributed by atoms with E-state index in [1.54, 1.807) is 0 Å². The summed E-state index contributed by atoms with van der Waals surface area (Å²) >= 11 is 0. The number of hydrogen-bond acceptors (Lipinski definition) is 3. The summed E-state index contributed by atoms with van der Waals surface area (Å²) in [7, 11) is 0. The smallest absolute Gasteiger partial charge is 0.233 e. The van der Waals surface area contributed by atoms with E-state index in [1.165, 1.54) is 0 Å². The van der Waals surface area contributed by atoms with Crippen molar-refractivity contribution < 1.29 is 9.53 Å². The molecule has 2 N–H and O–H groups in total. The standard InChI is InChI=1S/C11H22N2O2/c1-3-9(2)12-7-11(14)13-6-10-4-5-15-8-10/h9-10,12H,3-8H2,1-2H3,(H,13,14). The lowest BCUT2D eigenvalue weighted by Gasteiger charge is -2.12. The van der Waals surface area contributed by atoms with Crippen molar-refractivity contribution in [2.45, 2.75) is 32.7 Å². The Kier molecular flexibility index (Phi) is 5.65. The van der Waals surface area contributed by atoms with Crippen molar-refractivity contribution in [2.24, 2.45) is 5.92 Å².